The number of carbonyl (C=O) groups excluding carboxylic acids is 1. The van der Waals surface area contributed by atoms with Gasteiger partial charge in [0.25, 0.3) is 0 Å². The van der Waals surface area contributed by atoms with Crippen LogP contribution in [0.4, 0.5) is 8.78 Å². The summed E-state index contributed by atoms with van der Waals surface area (Å²) >= 11 is 1.31. The molecule has 0 aliphatic heterocycles. The summed E-state index contributed by atoms with van der Waals surface area (Å²) in [5.74, 6) is 0.774. The highest BCUT2D eigenvalue weighted by Gasteiger charge is 2.02. The van der Waals surface area contributed by atoms with Crippen LogP contribution >= 0.6 is 11.8 Å². The molecular formula is C9H16F2OS. The molecule has 78 valence electrons. The van der Waals surface area contributed by atoms with E-state index in [9.17, 15) is 13.6 Å². The maximum absolute atomic E-state index is 11.7. The third-order valence-electron chi connectivity index (χ3n) is 1.62. The fraction of sp³-hybridized carbons (Fsp3) is 0.889. The van der Waals surface area contributed by atoms with E-state index in [4.69, 9.17) is 0 Å². The lowest BCUT2D eigenvalue weighted by Crippen LogP contribution is -1.92. The second-order valence-corrected chi connectivity index (χ2v) is 3.97. The fourth-order valence-electron chi connectivity index (χ4n) is 0.866. The second kappa shape index (κ2) is 8.48. The molecule has 0 aromatic rings. The molecule has 0 bridgehead atoms. The highest BCUT2D eigenvalue weighted by Crippen LogP contribution is 2.12. The lowest BCUT2D eigenvalue weighted by molar-refractivity contribution is -0.110. The summed E-state index contributed by atoms with van der Waals surface area (Å²) in [4.78, 5) is 10.8. The van der Waals surface area contributed by atoms with Crippen LogP contribution in [0.3, 0.4) is 0 Å². The third-order valence-corrected chi connectivity index (χ3v) is 2.72. The first-order valence-electron chi connectivity index (χ1n) is 4.60. The van der Waals surface area contributed by atoms with Crippen molar-refractivity contribution in [2.24, 2.45) is 0 Å². The van der Waals surface area contributed by atoms with Gasteiger partial charge < -0.3 is 0 Å². The molecule has 0 aromatic carbocycles. The molecule has 0 fully saturated rings. The lowest BCUT2D eigenvalue weighted by atomic mass is 10.2. The minimum atomic E-state index is -2.18. The number of carbonyl (C=O) groups is 1. The topological polar surface area (TPSA) is 17.1 Å². The molecule has 0 N–H and O–H groups in total. The van der Waals surface area contributed by atoms with Gasteiger partial charge in [-0.05, 0) is 12.8 Å². The van der Waals surface area contributed by atoms with Crippen LogP contribution in [0.15, 0.2) is 0 Å². The normalized spacial score (nSPS) is 10.8. The molecule has 0 spiro atoms. The number of hydrogen-bond donors (Lipinski definition) is 0. The highest BCUT2D eigenvalue weighted by atomic mass is 32.2. The standard InChI is InChI=1S/C9H16F2OS/c1-2-9(12)13-7-5-3-4-6-8(10)11/h8H,2-7H2,1H3. The monoisotopic (exact) mass is 210 g/mol. The Hall–Kier alpha value is -0.120. The number of unbranched alkanes of at least 4 members (excludes halogenated alkanes) is 2. The molecule has 0 heterocycles. The van der Waals surface area contributed by atoms with E-state index >= 15 is 0 Å². The zero-order chi connectivity index (χ0) is 10.1. The smallest absolute Gasteiger partial charge is 0.238 e. The predicted octanol–water partition coefficient (Wildman–Crippen LogP) is 3.48. The van der Waals surface area contributed by atoms with E-state index in [1.165, 1.54) is 11.8 Å². The molecule has 13 heavy (non-hydrogen) atoms. The molecule has 0 saturated heterocycles. The van der Waals surface area contributed by atoms with Crippen LogP contribution < -0.4 is 0 Å². The average molecular weight is 210 g/mol. The number of thioether (sulfide) groups is 1. The van der Waals surface area contributed by atoms with Gasteiger partial charge >= 0.3 is 0 Å². The van der Waals surface area contributed by atoms with Gasteiger partial charge in [-0.2, -0.15) is 0 Å². The third kappa shape index (κ3) is 9.80. The minimum Gasteiger partial charge on any atom is -0.287 e. The summed E-state index contributed by atoms with van der Waals surface area (Å²) < 4.78 is 23.3. The largest absolute Gasteiger partial charge is 0.287 e. The molecule has 1 nitrogen and oxygen atoms in total. The molecule has 0 rings (SSSR count). The van der Waals surface area contributed by atoms with Crippen molar-refractivity contribution in [1.29, 1.82) is 0 Å². The van der Waals surface area contributed by atoms with Gasteiger partial charge in [0.2, 0.25) is 6.43 Å². The van der Waals surface area contributed by atoms with Crippen molar-refractivity contribution in [3.8, 4) is 0 Å². The number of halogens is 2. The Morgan fingerprint density at radius 1 is 1.31 bits per heavy atom. The van der Waals surface area contributed by atoms with Crippen molar-refractivity contribution in [1.82, 2.24) is 0 Å². The van der Waals surface area contributed by atoms with Crippen LogP contribution in [0.5, 0.6) is 0 Å². The molecule has 0 amide bonds. The Labute approximate surface area is 82.3 Å². The number of rotatable bonds is 7. The summed E-state index contributed by atoms with van der Waals surface area (Å²) in [7, 11) is 0. The Bertz CT molecular complexity index is 140. The summed E-state index contributed by atoms with van der Waals surface area (Å²) in [6.07, 6.45) is 0.606. The van der Waals surface area contributed by atoms with Crippen molar-refractivity contribution in [2.45, 2.75) is 45.5 Å². The Morgan fingerprint density at radius 3 is 2.54 bits per heavy atom. The van der Waals surface area contributed by atoms with Gasteiger partial charge in [-0.1, -0.05) is 25.1 Å². The average Bonchev–Trinajstić information content (AvgIpc) is 2.10. The van der Waals surface area contributed by atoms with Gasteiger partial charge in [-0.3, -0.25) is 4.79 Å². The number of alkyl halides is 2. The molecule has 0 aromatic heterocycles. The summed E-state index contributed by atoms with van der Waals surface area (Å²) in [5.41, 5.74) is 0. The highest BCUT2D eigenvalue weighted by molar-refractivity contribution is 8.13. The Kier molecular flexibility index (Phi) is 8.40. The van der Waals surface area contributed by atoms with Crippen molar-refractivity contribution in [3.05, 3.63) is 0 Å². The van der Waals surface area contributed by atoms with Crippen LogP contribution in [0.25, 0.3) is 0 Å². The van der Waals surface area contributed by atoms with Crippen LogP contribution in [-0.2, 0) is 4.79 Å². The van der Waals surface area contributed by atoms with E-state index < -0.39 is 6.43 Å². The van der Waals surface area contributed by atoms with E-state index in [-0.39, 0.29) is 11.5 Å². The molecule has 4 heteroatoms. The van der Waals surface area contributed by atoms with Gasteiger partial charge in [0.15, 0.2) is 5.12 Å². The van der Waals surface area contributed by atoms with Crippen molar-refractivity contribution >= 4 is 16.9 Å². The van der Waals surface area contributed by atoms with Crippen LogP contribution in [-0.4, -0.2) is 17.3 Å². The van der Waals surface area contributed by atoms with Crippen molar-refractivity contribution in [2.75, 3.05) is 5.75 Å². The van der Waals surface area contributed by atoms with Crippen molar-refractivity contribution in [3.63, 3.8) is 0 Å². The summed E-state index contributed by atoms with van der Waals surface area (Å²) in [6, 6.07) is 0. The van der Waals surface area contributed by atoms with E-state index in [1.54, 1.807) is 0 Å². The lowest BCUT2D eigenvalue weighted by Gasteiger charge is -1.99. The summed E-state index contributed by atoms with van der Waals surface area (Å²) in [6.45, 7) is 1.83. The Balaban J connectivity index is 3.04. The first kappa shape index (κ1) is 12.9. The van der Waals surface area contributed by atoms with Gasteiger partial charge in [-0.15, -0.1) is 0 Å². The molecule has 0 unspecified atom stereocenters. The maximum atomic E-state index is 11.7. The number of hydrogen-bond acceptors (Lipinski definition) is 2. The molecule has 0 aliphatic carbocycles. The zero-order valence-corrected chi connectivity index (χ0v) is 8.71. The van der Waals surface area contributed by atoms with Gasteiger partial charge in [-0.25, -0.2) is 8.78 Å². The molecular weight excluding hydrogens is 194 g/mol. The molecule has 0 radical (unpaired) electrons. The molecule has 0 atom stereocenters. The molecule has 0 saturated carbocycles. The van der Waals surface area contributed by atoms with E-state index in [2.05, 4.69) is 0 Å². The van der Waals surface area contributed by atoms with Crippen LogP contribution in [0.2, 0.25) is 0 Å². The van der Waals surface area contributed by atoms with E-state index in [0.29, 0.717) is 12.8 Å². The van der Waals surface area contributed by atoms with Crippen LogP contribution in [0.1, 0.15) is 39.0 Å². The van der Waals surface area contributed by atoms with Gasteiger partial charge in [0.05, 0.1) is 0 Å². The van der Waals surface area contributed by atoms with Crippen molar-refractivity contribution < 1.29 is 13.6 Å². The molecule has 0 aliphatic rings. The minimum absolute atomic E-state index is 0.00755. The van der Waals surface area contributed by atoms with Gasteiger partial charge in [0.1, 0.15) is 0 Å². The summed E-state index contributed by atoms with van der Waals surface area (Å²) in [5, 5.41) is 0.189. The first-order valence-corrected chi connectivity index (χ1v) is 5.59. The fourth-order valence-corrected chi connectivity index (χ4v) is 1.65. The predicted molar refractivity (Wildman–Crippen MR) is 52.2 cm³/mol. The van der Waals surface area contributed by atoms with Gasteiger partial charge in [0, 0.05) is 18.6 Å². The van der Waals surface area contributed by atoms with Crippen LogP contribution in [0, 0.1) is 0 Å². The zero-order valence-electron chi connectivity index (χ0n) is 7.89. The first-order chi connectivity index (χ1) is 6.16. The quantitative estimate of drug-likeness (QED) is 0.598. The Morgan fingerprint density at radius 2 is 2.00 bits per heavy atom. The SMILES string of the molecule is CCC(=O)SCCCCCC(F)F. The van der Waals surface area contributed by atoms with E-state index in [0.717, 1.165) is 18.6 Å². The van der Waals surface area contributed by atoms with E-state index in [1.807, 2.05) is 6.92 Å². The maximum Gasteiger partial charge on any atom is 0.238 e. The second-order valence-electron chi connectivity index (χ2n) is 2.81.